The monoisotopic (exact) mass is 241 g/mol. The van der Waals surface area contributed by atoms with Gasteiger partial charge in [0.25, 0.3) is 0 Å². The summed E-state index contributed by atoms with van der Waals surface area (Å²) in [7, 11) is 0. The number of rotatable bonds is 6. The maximum Gasteiger partial charge on any atom is 0.334 e. The largest absolute Gasteiger partial charge is 0.463 e. The topological polar surface area (TPSA) is 49.8 Å². The average molecular weight is 241 g/mol. The molecule has 0 aromatic heterocycles. The Morgan fingerprint density at radius 2 is 2.35 bits per heavy atom. The van der Waals surface area contributed by atoms with Crippen LogP contribution < -0.4 is 0 Å². The molecule has 98 valence electrons. The quantitative estimate of drug-likeness (QED) is 0.561. The summed E-state index contributed by atoms with van der Waals surface area (Å²) < 4.78 is 4.91. The van der Waals surface area contributed by atoms with Crippen LogP contribution in [-0.4, -0.2) is 48.8 Å². The van der Waals surface area contributed by atoms with Gasteiger partial charge in [-0.3, -0.25) is 4.90 Å². The highest BCUT2D eigenvalue weighted by Crippen LogP contribution is 2.19. The third kappa shape index (κ3) is 4.88. The minimum atomic E-state index is -0.295. The maximum atomic E-state index is 11.4. The van der Waals surface area contributed by atoms with Crippen LogP contribution in [0.1, 0.15) is 26.2 Å². The Hall–Kier alpha value is -0.870. The summed E-state index contributed by atoms with van der Waals surface area (Å²) in [6.45, 7) is 8.74. The van der Waals surface area contributed by atoms with Gasteiger partial charge in [-0.1, -0.05) is 6.58 Å². The van der Waals surface area contributed by atoms with Crippen molar-refractivity contribution in [1.29, 1.82) is 0 Å². The van der Waals surface area contributed by atoms with Gasteiger partial charge in [0.1, 0.15) is 0 Å². The molecule has 0 saturated carbocycles. The summed E-state index contributed by atoms with van der Waals surface area (Å²) in [6, 6.07) is 0. The van der Waals surface area contributed by atoms with E-state index in [-0.39, 0.29) is 12.6 Å². The van der Waals surface area contributed by atoms with Crippen molar-refractivity contribution >= 4 is 5.97 Å². The minimum Gasteiger partial charge on any atom is -0.463 e. The SMILES string of the molecule is C=C(CN1CCCC(CCO)C1)C(=O)OCC. The lowest BCUT2D eigenvalue weighted by molar-refractivity contribution is -0.138. The van der Waals surface area contributed by atoms with Crippen molar-refractivity contribution in [2.75, 3.05) is 32.8 Å². The summed E-state index contributed by atoms with van der Waals surface area (Å²) in [5, 5.41) is 8.93. The minimum absolute atomic E-state index is 0.247. The summed E-state index contributed by atoms with van der Waals surface area (Å²) in [5.74, 6) is 0.250. The van der Waals surface area contributed by atoms with Crippen molar-refractivity contribution in [3.8, 4) is 0 Å². The Kier molecular flexibility index (Phi) is 6.22. The highest BCUT2D eigenvalue weighted by atomic mass is 16.5. The zero-order chi connectivity index (χ0) is 12.7. The first kappa shape index (κ1) is 14.2. The first-order chi connectivity index (χ1) is 8.17. The standard InChI is InChI=1S/C13H23NO3/c1-3-17-13(16)11(2)9-14-7-4-5-12(10-14)6-8-15/h12,15H,2-10H2,1H3. The predicted molar refractivity (Wildman–Crippen MR) is 66.6 cm³/mol. The van der Waals surface area contributed by atoms with E-state index in [0.717, 1.165) is 25.9 Å². The molecule has 0 aromatic rings. The van der Waals surface area contributed by atoms with Crippen molar-refractivity contribution in [3.63, 3.8) is 0 Å². The van der Waals surface area contributed by atoms with Gasteiger partial charge < -0.3 is 9.84 Å². The summed E-state index contributed by atoms with van der Waals surface area (Å²) >= 11 is 0. The molecule has 17 heavy (non-hydrogen) atoms. The van der Waals surface area contributed by atoms with Crippen LogP contribution in [0, 0.1) is 5.92 Å². The number of nitrogens with zero attached hydrogens (tertiary/aromatic N) is 1. The van der Waals surface area contributed by atoms with Crippen molar-refractivity contribution < 1.29 is 14.6 Å². The first-order valence-electron chi connectivity index (χ1n) is 6.35. The molecule has 1 atom stereocenters. The van der Waals surface area contributed by atoms with Crippen molar-refractivity contribution in [2.45, 2.75) is 26.2 Å². The van der Waals surface area contributed by atoms with E-state index in [4.69, 9.17) is 9.84 Å². The van der Waals surface area contributed by atoms with Gasteiger partial charge in [0, 0.05) is 25.3 Å². The van der Waals surface area contributed by atoms with E-state index in [1.807, 2.05) is 0 Å². The molecule has 0 aliphatic carbocycles. The summed E-state index contributed by atoms with van der Waals surface area (Å²) in [4.78, 5) is 13.7. The Morgan fingerprint density at radius 3 is 3.00 bits per heavy atom. The van der Waals surface area contributed by atoms with Gasteiger partial charge in [0.2, 0.25) is 0 Å². The van der Waals surface area contributed by atoms with Crippen LogP contribution in [0.2, 0.25) is 0 Å². The molecular weight excluding hydrogens is 218 g/mol. The highest BCUT2D eigenvalue weighted by molar-refractivity contribution is 5.88. The van der Waals surface area contributed by atoms with E-state index in [9.17, 15) is 4.79 Å². The van der Waals surface area contributed by atoms with Crippen LogP contribution in [0.15, 0.2) is 12.2 Å². The number of carbonyl (C=O) groups is 1. The molecule has 1 heterocycles. The van der Waals surface area contributed by atoms with Gasteiger partial charge in [-0.15, -0.1) is 0 Å². The van der Waals surface area contributed by atoms with E-state index in [2.05, 4.69) is 11.5 Å². The van der Waals surface area contributed by atoms with Gasteiger partial charge >= 0.3 is 5.97 Å². The van der Waals surface area contributed by atoms with Crippen molar-refractivity contribution in [1.82, 2.24) is 4.90 Å². The van der Waals surface area contributed by atoms with E-state index in [1.54, 1.807) is 6.92 Å². The van der Waals surface area contributed by atoms with E-state index in [0.29, 0.717) is 24.6 Å². The number of hydrogen-bond acceptors (Lipinski definition) is 4. The lowest BCUT2D eigenvalue weighted by Gasteiger charge is -2.32. The second-order valence-electron chi connectivity index (χ2n) is 4.58. The predicted octanol–water partition coefficient (Wildman–Crippen LogP) is 1.20. The fraction of sp³-hybridized carbons (Fsp3) is 0.769. The normalized spacial score (nSPS) is 21.2. The number of aliphatic hydroxyl groups is 1. The van der Waals surface area contributed by atoms with Crippen molar-refractivity contribution in [2.24, 2.45) is 5.92 Å². The lowest BCUT2D eigenvalue weighted by atomic mass is 9.95. The Labute approximate surface area is 103 Å². The molecule has 4 heteroatoms. The zero-order valence-corrected chi connectivity index (χ0v) is 10.7. The molecule has 1 aliphatic rings. The molecule has 1 aliphatic heterocycles. The molecule has 1 unspecified atom stereocenters. The lowest BCUT2D eigenvalue weighted by Crippen LogP contribution is -2.38. The molecule has 1 rings (SSSR count). The van der Waals surface area contributed by atoms with Gasteiger partial charge in [-0.2, -0.15) is 0 Å². The molecule has 0 spiro atoms. The molecule has 1 saturated heterocycles. The second kappa shape index (κ2) is 7.45. The number of piperidine rings is 1. The third-order valence-electron chi connectivity index (χ3n) is 3.12. The van der Waals surface area contributed by atoms with Crippen LogP contribution in [0.4, 0.5) is 0 Å². The first-order valence-corrected chi connectivity index (χ1v) is 6.35. The number of hydrogen-bond donors (Lipinski definition) is 1. The second-order valence-corrected chi connectivity index (χ2v) is 4.58. The molecule has 0 bridgehead atoms. The number of carbonyl (C=O) groups excluding carboxylic acids is 1. The van der Waals surface area contributed by atoms with Crippen LogP contribution in [0.3, 0.4) is 0 Å². The number of esters is 1. The van der Waals surface area contributed by atoms with Crippen LogP contribution in [-0.2, 0) is 9.53 Å². The fourth-order valence-electron chi connectivity index (χ4n) is 2.28. The Bertz CT molecular complexity index is 263. The van der Waals surface area contributed by atoms with Crippen molar-refractivity contribution in [3.05, 3.63) is 12.2 Å². The van der Waals surface area contributed by atoms with Gasteiger partial charge in [-0.25, -0.2) is 4.79 Å². The number of ether oxygens (including phenoxy) is 1. The van der Waals surface area contributed by atoms with E-state index < -0.39 is 0 Å². The Balaban J connectivity index is 2.35. The Morgan fingerprint density at radius 1 is 1.59 bits per heavy atom. The average Bonchev–Trinajstić information content (AvgIpc) is 2.30. The van der Waals surface area contributed by atoms with Gasteiger partial charge in [0.15, 0.2) is 0 Å². The smallest absolute Gasteiger partial charge is 0.334 e. The number of aliphatic hydroxyl groups excluding tert-OH is 1. The third-order valence-corrected chi connectivity index (χ3v) is 3.12. The van der Waals surface area contributed by atoms with E-state index >= 15 is 0 Å². The van der Waals surface area contributed by atoms with Crippen LogP contribution >= 0.6 is 0 Å². The molecule has 1 fully saturated rings. The molecular formula is C13H23NO3. The zero-order valence-electron chi connectivity index (χ0n) is 10.7. The summed E-state index contributed by atoms with van der Waals surface area (Å²) in [5.41, 5.74) is 0.525. The van der Waals surface area contributed by atoms with Crippen LogP contribution in [0.25, 0.3) is 0 Å². The fourth-order valence-corrected chi connectivity index (χ4v) is 2.28. The molecule has 4 nitrogen and oxygen atoms in total. The number of likely N-dealkylation sites (tertiary alicyclic amines) is 1. The molecule has 0 amide bonds. The van der Waals surface area contributed by atoms with E-state index in [1.165, 1.54) is 6.42 Å². The highest BCUT2D eigenvalue weighted by Gasteiger charge is 2.21. The van der Waals surface area contributed by atoms with Crippen LogP contribution in [0.5, 0.6) is 0 Å². The summed E-state index contributed by atoms with van der Waals surface area (Å²) in [6.07, 6.45) is 3.14. The van der Waals surface area contributed by atoms with Gasteiger partial charge in [-0.05, 0) is 38.6 Å². The molecule has 0 aromatic carbocycles. The molecule has 1 N–H and O–H groups in total. The van der Waals surface area contributed by atoms with Gasteiger partial charge in [0.05, 0.1) is 6.61 Å². The maximum absolute atomic E-state index is 11.4. The molecule has 0 radical (unpaired) electrons.